The van der Waals surface area contributed by atoms with E-state index in [1.807, 2.05) is 67.4 Å². The first-order valence-corrected chi connectivity index (χ1v) is 8.50. The van der Waals surface area contributed by atoms with Crippen molar-refractivity contribution in [2.45, 2.75) is 19.8 Å². The topological polar surface area (TPSA) is 61.8 Å². The second kappa shape index (κ2) is 9.69. The summed E-state index contributed by atoms with van der Waals surface area (Å²) in [4.78, 5) is 14.0. The standard InChI is InChI=1S/C20H26N2O3/c1-16-6-3-4-7-19(16)25-15-5-8-20(24)21-17-9-11-18(12-10-17)22(2)13-14-23/h3-4,6-7,9-12,23H,5,8,13-15H2,1-2H3,(H,21,24). The minimum Gasteiger partial charge on any atom is -0.493 e. The van der Waals surface area contributed by atoms with Crippen molar-refractivity contribution >= 4 is 17.3 Å². The molecule has 0 saturated carbocycles. The lowest BCUT2D eigenvalue weighted by Crippen LogP contribution is -2.21. The number of nitrogens with zero attached hydrogens (tertiary/aromatic N) is 1. The molecule has 0 atom stereocenters. The molecule has 0 aliphatic heterocycles. The number of ether oxygens (including phenoxy) is 1. The number of aliphatic hydroxyl groups is 1. The second-order valence-electron chi connectivity index (χ2n) is 5.96. The Hall–Kier alpha value is -2.53. The van der Waals surface area contributed by atoms with E-state index < -0.39 is 0 Å². The molecule has 134 valence electrons. The maximum atomic E-state index is 12.0. The van der Waals surface area contributed by atoms with Crippen LogP contribution in [-0.2, 0) is 4.79 Å². The Morgan fingerprint density at radius 2 is 1.88 bits per heavy atom. The van der Waals surface area contributed by atoms with Crippen molar-refractivity contribution in [3.05, 3.63) is 54.1 Å². The molecule has 0 saturated heterocycles. The van der Waals surface area contributed by atoms with Crippen LogP contribution in [0, 0.1) is 6.92 Å². The summed E-state index contributed by atoms with van der Waals surface area (Å²) < 4.78 is 5.70. The quantitative estimate of drug-likeness (QED) is 0.687. The summed E-state index contributed by atoms with van der Waals surface area (Å²) in [6.45, 7) is 3.21. The Morgan fingerprint density at radius 1 is 1.16 bits per heavy atom. The normalized spacial score (nSPS) is 10.4. The largest absolute Gasteiger partial charge is 0.493 e. The molecule has 25 heavy (non-hydrogen) atoms. The van der Waals surface area contributed by atoms with E-state index in [2.05, 4.69) is 5.32 Å². The number of benzene rings is 2. The summed E-state index contributed by atoms with van der Waals surface area (Å²) >= 11 is 0. The smallest absolute Gasteiger partial charge is 0.224 e. The zero-order chi connectivity index (χ0) is 18.1. The number of amides is 1. The Morgan fingerprint density at radius 3 is 2.56 bits per heavy atom. The van der Waals surface area contributed by atoms with Crippen LogP contribution >= 0.6 is 0 Å². The van der Waals surface area contributed by atoms with Crippen LogP contribution in [0.2, 0.25) is 0 Å². The number of nitrogens with one attached hydrogen (secondary N) is 1. The summed E-state index contributed by atoms with van der Waals surface area (Å²) in [5.74, 6) is 0.843. The van der Waals surface area contributed by atoms with Crippen LogP contribution in [0.4, 0.5) is 11.4 Å². The number of carbonyl (C=O) groups is 1. The maximum absolute atomic E-state index is 12.0. The molecule has 0 aliphatic carbocycles. The summed E-state index contributed by atoms with van der Waals surface area (Å²) in [6.07, 6.45) is 1.08. The van der Waals surface area contributed by atoms with Gasteiger partial charge in [-0.05, 0) is 49.2 Å². The summed E-state index contributed by atoms with van der Waals surface area (Å²) in [6, 6.07) is 15.4. The number of likely N-dealkylation sites (N-methyl/N-ethyl adjacent to an activating group) is 1. The van der Waals surface area contributed by atoms with E-state index in [9.17, 15) is 4.79 Å². The van der Waals surface area contributed by atoms with Crippen molar-refractivity contribution in [1.29, 1.82) is 0 Å². The van der Waals surface area contributed by atoms with Crippen molar-refractivity contribution < 1.29 is 14.6 Å². The van der Waals surface area contributed by atoms with E-state index in [0.717, 1.165) is 22.7 Å². The maximum Gasteiger partial charge on any atom is 0.224 e. The zero-order valence-corrected chi connectivity index (χ0v) is 14.9. The van der Waals surface area contributed by atoms with Gasteiger partial charge in [-0.1, -0.05) is 18.2 Å². The van der Waals surface area contributed by atoms with Crippen molar-refractivity contribution in [2.75, 3.05) is 37.0 Å². The first-order chi connectivity index (χ1) is 12.1. The lowest BCUT2D eigenvalue weighted by Gasteiger charge is -2.18. The fraction of sp³-hybridized carbons (Fsp3) is 0.350. The minimum atomic E-state index is -0.0233. The van der Waals surface area contributed by atoms with Gasteiger partial charge in [0.1, 0.15) is 5.75 Å². The highest BCUT2D eigenvalue weighted by molar-refractivity contribution is 5.90. The van der Waals surface area contributed by atoms with Gasteiger partial charge in [0.15, 0.2) is 0 Å². The van der Waals surface area contributed by atoms with Crippen LogP contribution in [0.3, 0.4) is 0 Å². The average molecular weight is 342 g/mol. The van der Waals surface area contributed by atoms with E-state index >= 15 is 0 Å². The molecular formula is C20H26N2O3. The van der Waals surface area contributed by atoms with Gasteiger partial charge in [0.2, 0.25) is 5.91 Å². The first kappa shape index (κ1) is 18.8. The number of hydrogen-bond donors (Lipinski definition) is 2. The molecule has 0 aliphatic rings. The van der Waals surface area contributed by atoms with E-state index in [-0.39, 0.29) is 12.5 Å². The molecule has 0 bridgehead atoms. The van der Waals surface area contributed by atoms with Gasteiger partial charge in [-0.3, -0.25) is 4.79 Å². The number of carbonyl (C=O) groups excluding carboxylic acids is 1. The van der Waals surface area contributed by atoms with Gasteiger partial charge >= 0.3 is 0 Å². The predicted molar refractivity (Wildman–Crippen MR) is 101 cm³/mol. The van der Waals surface area contributed by atoms with Crippen LogP contribution < -0.4 is 15.0 Å². The molecule has 2 aromatic carbocycles. The molecule has 5 nitrogen and oxygen atoms in total. The minimum absolute atomic E-state index is 0.0233. The lowest BCUT2D eigenvalue weighted by atomic mass is 10.2. The van der Waals surface area contributed by atoms with Gasteiger partial charge in [0, 0.05) is 31.4 Å². The van der Waals surface area contributed by atoms with E-state index in [4.69, 9.17) is 9.84 Å². The molecule has 0 radical (unpaired) electrons. The third-order valence-electron chi connectivity index (χ3n) is 3.93. The third-order valence-corrected chi connectivity index (χ3v) is 3.93. The fourth-order valence-electron chi connectivity index (χ4n) is 2.44. The van der Waals surface area contributed by atoms with Crippen molar-refractivity contribution in [2.24, 2.45) is 0 Å². The number of anilines is 2. The molecule has 5 heteroatoms. The highest BCUT2D eigenvalue weighted by atomic mass is 16.5. The average Bonchev–Trinajstić information content (AvgIpc) is 2.61. The molecule has 0 spiro atoms. The van der Waals surface area contributed by atoms with Crippen LogP contribution in [0.15, 0.2) is 48.5 Å². The Bertz CT molecular complexity index is 671. The lowest BCUT2D eigenvalue weighted by molar-refractivity contribution is -0.116. The van der Waals surface area contributed by atoms with Crippen LogP contribution in [0.1, 0.15) is 18.4 Å². The number of aryl methyl sites for hydroxylation is 1. The van der Waals surface area contributed by atoms with Gasteiger partial charge in [0.05, 0.1) is 13.2 Å². The number of aliphatic hydroxyl groups excluding tert-OH is 1. The summed E-state index contributed by atoms with van der Waals surface area (Å²) in [5.41, 5.74) is 2.86. The Kier molecular flexibility index (Phi) is 7.29. The molecular weight excluding hydrogens is 316 g/mol. The Labute approximate surface area is 149 Å². The molecule has 0 aromatic heterocycles. The molecule has 2 rings (SSSR count). The van der Waals surface area contributed by atoms with Gasteiger partial charge in [-0.25, -0.2) is 0 Å². The highest BCUT2D eigenvalue weighted by Crippen LogP contribution is 2.18. The van der Waals surface area contributed by atoms with E-state index in [1.165, 1.54) is 0 Å². The highest BCUT2D eigenvalue weighted by Gasteiger charge is 2.05. The van der Waals surface area contributed by atoms with Crippen LogP contribution in [-0.4, -0.2) is 37.8 Å². The predicted octanol–water partition coefficient (Wildman–Crippen LogP) is 3.22. The van der Waals surface area contributed by atoms with Crippen molar-refractivity contribution in [3.63, 3.8) is 0 Å². The number of rotatable bonds is 9. The van der Waals surface area contributed by atoms with Gasteiger partial charge in [-0.15, -0.1) is 0 Å². The molecule has 2 aromatic rings. The molecule has 0 heterocycles. The second-order valence-corrected chi connectivity index (χ2v) is 5.96. The SMILES string of the molecule is Cc1ccccc1OCCCC(=O)Nc1ccc(N(C)CCO)cc1. The van der Waals surface area contributed by atoms with E-state index in [1.54, 1.807) is 0 Å². The van der Waals surface area contributed by atoms with Gasteiger partial charge in [0.25, 0.3) is 0 Å². The van der Waals surface area contributed by atoms with E-state index in [0.29, 0.717) is 26.0 Å². The van der Waals surface area contributed by atoms with Crippen molar-refractivity contribution in [1.82, 2.24) is 0 Å². The summed E-state index contributed by atoms with van der Waals surface area (Å²) in [7, 11) is 1.91. The number of hydrogen-bond acceptors (Lipinski definition) is 4. The fourth-order valence-corrected chi connectivity index (χ4v) is 2.44. The molecule has 0 fully saturated rings. The van der Waals surface area contributed by atoms with Gasteiger partial charge < -0.3 is 20.1 Å². The first-order valence-electron chi connectivity index (χ1n) is 8.50. The van der Waals surface area contributed by atoms with Crippen LogP contribution in [0.5, 0.6) is 5.75 Å². The zero-order valence-electron chi connectivity index (χ0n) is 14.9. The van der Waals surface area contributed by atoms with Gasteiger partial charge in [-0.2, -0.15) is 0 Å². The third kappa shape index (κ3) is 6.12. The van der Waals surface area contributed by atoms with Crippen molar-refractivity contribution in [3.8, 4) is 5.75 Å². The molecule has 0 unspecified atom stereocenters. The Balaban J connectivity index is 1.72. The number of para-hydroxylation sites is 1. The molecule has 2 N–H and O–H groups in total. The molecule has 1 amide bonds. The monoisotopic (exact) mass is 342 g/mol. The summed E-state index contributed by atoms with van der Waals surface area (Å²) in [5, 5.41) is 11.8. The van der Waals surface area contributed by atoms with Crippen LogP contribution in [0.25, 0.3) is 0 Å².